The predicted octanol–water partition coefficient (Wildman–Crippen LogP) is 3.22. The van der Waals surface area contributed by atoms with E-state index in [1.165, 1.54) is 30.3 Å². The Morgan fingerprint density at radius 1 is 0.867 bits per heavy atom. The summed E-state index contributed by atoms with van der Waals surface area (Å²) in [5.41, 5.74) is 0.567. The summed E-state index contributed by atoms with van der Waals surface area (Å²) in [5, 5.41) is 14.3. The van der Waals surface area contributed by atoms with E-state index in [1.54, 1.807) is 48.5 Å². The average molecular weight is 425 g/mol. The summed E-state index contributed by atoms with van der Waals surface area (Å²) >= 11 is 0. The zero-order valence-electron chi connectivity index (χ0n) is 15.8. The normalized spacial score (nSPS) is 11.1. The van der Waals surface area contributed by atoms with E-state index in [2.05, 4.69) is 10.0 Å². The highest BCUT2D eigenvalue weighted by Gasteiger charge is 2.19. The van der Waals surface area contributed by atoms with Gasteiger partial charge >= 0.3 is 0 Å². The molecular formula is C21H19N3O5S. The number of sulfonamides is 1. The van der Waals surface area contributed by atoms with Crippen LogP contribution in [0.15, 0.2) is 83.8 Å². The molecule has 0 aliphatic rings. The van der Waals surface area contributed by atoms with Crippen LogP contribution in [0, 0.1) is 10.1 Å². The Hall–Kier alpha value is -3.56. The molecule has 0 heterocycles. The monoisotopic (exact) mass is 425 g/mol. The second-order valence-electron chi connectivity index (χ2n) is 6.32. The van der Waals surface area contributed by atoms with E-state index in [-0.39, 0.29) is 40.7 Å². The molecule has 0 aliphatic carbocycles. The molecule has 3 aromatic carbocycles. The van der Waals surface area contributed by atoms with Crippen LogP contribution in [0.5, 0.6) is 0 Å². The van der Waals surface area contributed by atoms with E-state index in [4.69, 9.17) is 0 Å². The van der Waals surface area contributed by atoms with Gasteiger partial charge in [0.1, 0.15) is 5.69 Å². The van der Waals surface area contributed by atoms with Crippen molar-refractivity contribution in [2.24, 2.45) is 0 Å². The Balaban J connectivity index is 1.67. The van der Waals surface area contributed by atoms with Gasteiger partial charge in [-0.15, -0.1) is 0 Å². The van der Waals surface area contributed by atoms with Crippen LogP contribution in [-0.4, -0.2) is 32.2 Å². The maximum absolute atomic E-state index is 12.5. The number of nitrogens with one attached hydrogen (secondary N) is 2. The van der Waals surface area contributed by atoms with Crippen LogP contribution in [-0.2, 0) is 10.0 Å². The van der Waals surface area contributed by atoms with Gasteiger partial charge in [0.05, 0.1) is 9.82 Å². The third-order valence-electron chi connectivity index (χ3n) is 4.28. The van der Waals surface area contributed by atoms with Crippen molar-refractivity contribution < 1.29 is 18.1 Å². The number of ketones is 1. The van der Waals surface area contributed by atoms with Crippen molar-refractivity contribution in [3.8, 4) is 0 Å². The number of benzene rings is 3. The number of carbonyl (C=O) groups is 1. The standard InChI is InChI=1S/C21H19N3O5S/c25-21(16-7-3-1-4-8-16)17-11-12-19(20(15-17)24(26)27)22-13-14-23-30(28,29)18-9-5-2-6-10-18/h1-12,15,22-23H,13-14H2. The van der Waals surface area contributed by atoms with Crippen LogP contribution >= 0.6 is 0 Å². The largest absolute Gasteiger partial charge is 0.378 e. The van der Waals surface area contributed by atoms with Gasteiger partial charge in [-0.2, -0.15) is 0 Å². The van der Waals surface area contributed by atoms with Gasteiger partial charge in [-0.3, -0.25) is 14.9 Å². The zero-order valence-corrected chi connectivity index (χ0v) is 16.6. The summed E-state index contributed by atoms with van der Waals surface area (Å²) < 4.78 is 26.8. The molecule has 9 heteroatoms. The van der Waals surface area contributed by atoms with Gasteiger partial charge < -0.3 is 5.32 Å². The number of carbonyl (C=O) groups excluding carboxylic acids is 1. The molecule has 0 unspecified atom stereocenters. The van der Waals surface area contributed by atoms with E-state index >= 15 is 0 Å². The van der Waals surface area contributed by atoms with E-state index in [1.807, 2.05) is 0 Å². The third kappa shape index (κ3) is 5.07. The van der Waals surface area contributed by atoms with Crippen molar-refractivity contribution >= 4 is 27.2 Å². The molecule has 0 spiro atoms. The maximum Gasteiger partial charge on any atom is 0.293 e. The Bertz CT molecular complexity index is 1150. The lowest BCUT2D eigenvalue weighted by molar-refractivity contribution is -0.384. The minimum absolute atomic E-state index is 0.0269. The molecule has 0 bridgehead atoms. The molecular weight excluding hydrogens is 406 g/mol. The fourth-order valence-electron chi connectivity index (χ4n) is 2.80. The molecule has 30 heavy (non-hydrogen) atoms. The van der Waals surface area contributed by atoms with E-state index in [0.717, 1.165) is 0 Å². The zero-order chi connectivity index (χ0) is 21.6. The number of hydrogen-bond donors (Lipinski definition) is 2. The summed E-state index contributed by atoms with van der Waals surface area (Å²) in [5.74, 6) is -0.319. The van der Waals surface area contributed by atoms with Crippen LogP contribution in [0.4, 0.5) is 11.4 Å². The Morgan fingerprint density at radius 3 is 2.13 bits per heavy atom. The molecule has 3 rings (SSSR count). The van der Waals surface area contributed by atoms with E-state index in [0.29, 0.717) is 5.56 Å². The summed E-state index contributed by atoms with van der Waals surface area (Å²) in [7, 11) is -3.66. The highest BCUT2D eigenvalue weighted by molar-refractivity contribution is 7.89. The first kappa shape index (κ1) is 21.2. The van der Waals surface area contributed by atoms with Crippen molar-refractivity contribution in [1.82, 2.24) is 4.72 Å². The second-order valence-corrected chi connectivity index (χ2v) is 8.09. The average Bonchev–Trinajstić information content (AvgIpc) is 2.77. The lowest BCUT2D eigenvalue weighted by Crippen LogP contribution is -2.29. The summed E-state index contributed by atoms with van der Waals surface area (Å²) in [6, 6.07) is 20.5. The van der Waals surface area contributed by atoms with Crippen molar-refractivity contribution in [3.05, 3.63) is 100 Å². The van der Waals surface area contributed by atoms with Crippen LogP contribution in [0.2, 0.25) is 0 Å². The molecule has 0 saturated heterocycles. The number of hydrogen-bond acceptors (Lipinski definition) is 6. The Labute approximate surface area is 173 Å². The molecule has 8 nitrogen and oxygen atoms in total. The number of nitro benzene ring substituents is 1. The summed E-state index contributed by atoms with van der Waals surface area (Å²) in [4.78, 5) is 23.5. The highest BCUT2D eigenvalue weighted by Crippen LogP contribution is 2.26. The van der Waals surface area contributed by atoms with Crippen LogP contribution in [0.1, 0.15) is 15.9 Å². The maximum atomic E-state index is 12.5. The highest BCUT2D eigenvalue weighted by atomic mass is 32.2. The first-order chi connectivity index (χ1) is 14.4. The van der Waals surface area contributed by atoms with Crippen LogP contribution < -0.4 is 10.0 Å². The molecule has 0 amide bonds. The number of anilines is 1. The van der Waals surface area contributed by atoms with Gasteiger partial charge in [0.2, 0.25) is 10.0 Å². The molecule has 0 saturated carbocycles. The number of rotatable bonds is 9. The Morgan fingerprint density at radius 2 is 1.50 bits per heavy atom. The molecule has 0 radical (unpaired) electrons. The summed E-state index contributed by atoms with van der Waals surface area (Å²) in [6.07, 6.45) is 0. The van der Waals surface area contributed by atoms with Gasteiger partial charge in [0.25, 0.3) is 5.69 Å². The first-order valence-electron chi connectivity index (χ1n) is 9.05. The fraction of sp³-hybridized carbons (Fsp3) is 0.0952. The molecule has 0 atom stereocenters. The lowest BCUT2D eigenvalue weighted by Gasteiger charge is -2.10. The minimum atomic E-state index is -3.66. The molecule has 0 aromatic heterocycles. The molecule has 0 fully saturated rings. The van der Waals surface area contributed by atoms with E-state index in [9.17, 15) is 23.3 Å². The first-order valence-corrected chi connectivity index (χ1v) is 10.5. The molecule has 2 N–H and O–H groups in total. The van der Waals surface area contributed by atoms with Gasteiger partial charge in [-0.25, -0.2) is 13.1 Å². The van der Waals surface area contributed by atoms with E-state index < -0.39 is 14.9 Å². The number of nitro groups is 1. The molecule has 3 aromatic rings. The van der Waals surface area contributed by atoms with Gasteiger partial charge in [-0.05, 0) is 24.3 Å². The van der Waals surface area contributed by atoms with Crippen LogP contribution in [0.3, 0.4) is 0 Å². The van der Waals surface area contributed by atoms with Crippen molar-refractivity contribution in [2.45, 2.75) is 4.90 Å². The van der Waals surface area contributed by atoms with Crippen molar-refractivity contribution in [3.63, 3.8) is 0 Å². The van der Waals surface area contributed by atoms with Gasteiger partial charge in [-0.1, -0.05) is 48.5 Å². The Kier molecular flexibility index (Phi) is 6.55. The van der Waals surface area contributed by atoms with Gasteiger partial charge in [0, 0.05) is 30.3 Å². The van der Waals surface area contributed by atoms with Gasteiger partial charge in [0.15, 0.2) is 5.78 Å². The molecule has 154 valence electrons. The topological polar surface area (TPSA) is 118 Å². The second kappa shape index (κ2) is 9.29. The quantitative estimate of drug-likeness (QED) is 0.235. The van der Waals surface area contributed by atoms with Crippen molar-refractivity contribution in [1.29, 1.82) is 0 Å². The minimum Gasteiger partial charge on any atom is -0.378 e. The predicted molar refractivity (Wildman–Crippen MR) is 113 cm³/mol. The number of nitrogens with zero attached hydrogens (tertiary/aromatic N) is 1. The lowest BCUT2D eigenvalue weighted by atomic mass is 10.0. The van der Waals surface area contributed by atoms with Crippen molar-refractivity contribution in [2.75, 3.05) is 18.4 Å². The fourth-order valence-corrected chi connectivity index (χ4v) is 3.85. The smallest absolute Gasteiger partial charge is 0.293 e. The summed E-state index contributed by atoms with van der Waals surface area (Å²) in [6.45, 7) is 0.151. The third-order valence-corrected chi connectivity index (χ3v) is 5.76. The SMILES string of the molecule is O=C(c1ccccc1)c1ccc(NCCNS(=O)(=O)c2ccccc2)c([N+](=O)[O-])c1. The van der Waals surface area contributed by atoms with Crippen LogP contribution in [0.25, 0.3) is 0 Å². The molecule has 0 aliphatic heterocycles.